The van der Waals surface area contributed by atoms with E-state index in [9.17, 15) is 4.39 Å². The number of hydrogen-bond donors (Lipinski definition) is 0. The first kappa shape index (κ1) is 11.5. The smallest absolute Gasteiger partial charge is 0.158 e. The van der Waals surface area contributed by atoms with Crippen molar-refractivity contribution in [1.29, 1.82) is 5.26 Å². The number of halogens is 1. The Morgan fingerprint density at radius 1 is 1.62 bits per heavy atom. The highest BCUT2D eigenvalue weighted by Gasteiger charge is 2.16. The van der Waals surface area contributed by atoms with E-state index in [4.69, 9.17) is 14.7 Å². The van der Waals surface area contributed by atoms with E-state index in [1.165, 1.54) is 6.07 Å². The van der Waals surface area contributed by atoms with E-state index in [0.717, 1.165) is 30.6 Å². The van der Waals surface area contributed by atoms with Gasteiger partial charge in [-0.1, -0.05) is 0 Å². The highest BCUT2D eigenvalue weighted by atomic mass is 32.1. The number of nitriles is 1. The normalized spacial score (nSPS) is 20.6. The summed E-state index contributed by atoms with van der Waals surface area (Å²) >= 11 is 1.13. The largest absolute Gasteiger partial charge is 0.353 e. The predicted octanol–water partition coefficient (Wildman–Crippen LogP) is 2.80. The third-order valence-corrected chi connectivity index (χ3v) is 3.39. The summed E-state index contributed by atoms with van der Waals surface area (Å²) in [7, 11) is 0. The van der Waals surface area contributed by atoms with E-state index in [2.05, 4.69) is 0 Å². The van der Waals surface area contributed by atoms with Gasteiger partial charge in [-0.15, -0.1) is 11.3 Å². The topological polar surface area (TPSA) is 42.2 Å². The highest BCUT2D eigenvalue weighted by Crippen LogP contribution is 2.23. The molecular weight excluding hydrogens is 229 g/mol. The summed E-state index contributed by atoms with van der Waals surface area (Å²) < 4.78 is 24.1. The molecule has 0 amide bonds. The lowest BCUT2D eigenvalue weighted by Crippen LogP contribution is -2.21. The van der Waals surface area contributed by atoms with Crippen LogP contribution in [0, 0.1) is 17.1 Å². The van der Waals surface area contributed by atoms with Gasteiger partial charge in [0.15, 0.2) is 6.29 Å². The molecule has 2 heterocycles. The molecule has 1 unspecified atom stereocenters. The number of rotatable bonds is 3. The van der Waals surface area contributed by atoms with Gasteiger partial charge in [0.2, 0.25) is 0 Å². The van der Waals surface area contributed by atoms with Crippen LogP contribution in [0.4, 0.5) is 4.39 Å². The fourth-order valence-electron chi connectivity index (χ4n) is 1.57. The quantitative estimate of drug-likeness (QED) is 0.817. The van der Waals surface area contributed by atoms with Gasteiger partial charge in [0.1, 0.15) is 16.8 Å². The molecule has 86 valence electrons. The Hall–Kier alpha value is -0.960. The van der Waals surface area contributed by atoms with Crippen LogP contribution < -0.4 is 0 Å². The summed E-state index contributed by atoms with van der Waals surface area (Å²) in [4.78, 5) is 0.839. The van der Waals surface area contributed by atoms with Crippen LogP contribution in [0.1, 0.15) is 29.0 Å². The second-order valence-corrected chi connectivity index (χ2v) is 4.74. The van der Waals surface area contributed by atoms with Gasteiger partial charge < -0.3 is 9.47 Å². The van der Waals surface area contributed by atoms with Crippen LogP contribution in [0.3, 0.4) is 0 Å². The first-order valence-electron chi connectivity index (χ1n) is 5.21. The molecule has 1 atom stereocenters. The van der Waals surface area contributed by atoms with Crippen LogP contribution in [0.2, 0.25) is 0 Å². The molecule has 5 heteroatoms. The third kappa shape index (κ3) is 2.79. The molecule has 2 rings (SSSR count). The standard InChI is InChI=1S/C11H12FNO2S/c12-9-5-8(6-13)16-10(9)7-15-11-3-1-2-4-14-11/h5,11H,1-4,7H2. The molecule has 0 aromatic carbocycles. The van der Waals surface area contributed by atoms with Crippen LogP contribution in [0.5, 0.6) is 0 Å². The first-order valence-corrected chi connectivity index (χ1v) is 6.03. The molecule has 1 aromatic rings. The summed E-state index contributed by atoms with van der Waals surface area (Å²) in [6.45, 7) is 0.893. The van der Waals surface area contributed by atoms with Gasteiger partial charge in [-0.2, -0.15) is 5.26 Å². The van der Waals surface area contributed by atoms with Crippen LogP contribution >= 0.6 is 11.3 Å². The zero-order valence-electron chi connectivity index (χ0n) is 8.74. The Morgan fingerprint density at radius 2 is 2.50 bits per heavy atom. The molecule has 0 bridgehead atoms. The Morgan fingerprint density at radius 3 is 3.12 bits per heavy atom. The van der Waals surface area contributed by atoms with Gasteiger partial charge in [-0.3, -0.25) is 0 Å². The maximum atomic E-state index is 13.3. The third-order valence-electron chi connectivity index (χ3n) is 2.41. The van der Waals surface area contributed by atoms with Crippen LogP contribution in [0.15, 0.2) is 6.07 Å². The summed E-state index contributed by atoms with van der Waals surface area (Å²) in [5.41, 5.74) is 0. The fraction of sp³-hybridized carbons (Fsp3) is 0.545. The van der Waals surface area contributed by atoms with Gasteiger partial charge in [0, 0.05) is 12.7 Å². The average molecular weight is 241 g/mol. The molecule has 1 saturated heterocycles. The van der Waals surface area contributed by atoms with Crippen molar-refractivity contribution in [3.05, 3.63) is 21.6 Å². The monoisotopic (exact) mass is 241 g/mol. The molecule has 1 aliphatic heterocycles. The van der Waals surface area contributed by atoms with Crippen molar-refractivity contribution in [1.82, 2.24) is 0 Å². The van der Waals surface area contributed by atoms with Crippen molar-refractivity contribution in [3.63, 3.8) is 0 Å². The van der Waals surface area contributed by atoms with Gasteiger partial charge >= 0.3 is 0 Å². The maximum absolute atomic E-state index is 13.3. The second kappa shape index (κ2) is 5.39. The molecule has 1 aromatic heterocycles. The highest BCUT2D eigenvalue weighted by molar-refractivity contribution is 7.12. The average Bonchev–Trinajstić information content (AvgIpc) is 2.69. The minimum atomic E-state index is -0.364. The lowest BCUT2D eigenvalue weighted by Gasteiger charge is -2.22. The maximum Gasteiger partial charge on any atom is 0.158 e. The summed E-state index contributed by atoms with van der Waals surface area (Å²) in [6, 6.07) is 3.16. The zero-order chi connectivity index (χ0) is 11.4. The molecule has 16 heavy (non-hydrogen) atoms. The number of hydrogen-bond acceptors (Lipinski definition) is 4. The molecule has 1 fully saturated rings. The van der Waals surface area contributed by atoms with Crippen molar-refractivity contribution in [2.75, 3.05) is 6.61 Å². The Labute approximate surface area is 97.4 Å². The molecule has 0 radical (unpaired) electrons. The van der Waals surface area contributed by atoms with Gasteiger partial charge in [0.25, 0.3) is 0 Å². The molecule has 1 aliphatic rings. The fourth-order valence-corrected chi connectivity index (χ4v) is 2.33. The van der Waals surface area contributed by atoms with Gasteiger partial charge in [-0.25, -0.2) is 4.39 Å². The van der Waals surface area contributed by atoms with Crippen molar-refractivity contribution in [3.8, 4) is 6.07 Å². The Balaban J connectivity index is 1.88. The van der Waals surface area contributed by atoms with Gasteiger partial charge in [0.05, 0.1) is 11.5 Å². The van der Waals surface area contributed by atoms with E-state index in [-0.39, 0.29) is 18.7 Å². The van der Waals surface area contributed by atoms with E-state index in [1.54, 1.807) is 0 Å². The van der Waals surface area contributed by atoms with Crippen LogP contribution in [0.25, 0.3) is 0 Å². The van der Waals surface area contributed by atoms with E-state index >= 15 is 0 Å². The molecule has 0 saturated carbocycles. The van der Waals surface area contributed by atoms with E-state index in [0.29, 0.717) is 16.4 Å². The van der Waals surface area contributed by atoms with Crippen molar-refractivity contribution >= 4 is 11.3 Å². The molecular formula is C11H12FNO2S. The number of thiophene rings is 1. The second-order valence-electron chi connectivity index (χ2n) is 3.60. The lowest BCUT2D eigenvalue weighted by atomic mass is 10.2. The number of nitrogens with zero attached hydrogens (tertiary/aromatic N) is 1. The summed E-state index contributed by atoms with van der Waals surface area (Å²) in [5, 5.41) is 8.62. The van der Waals surface area contributed by atoms with Crippen LogP contribution in [-0.4, -0.2) is 12.9 Å². The summed E-state index contributed by atoms with van der Waals surface area (Å²) in [5.74, 6) is -0.364. The van der Waals surface area contributed by atoms with Gasteiger partial charge in [-0.05, 0) is 19.3 Å². The molecule has 3 nitrogen and oxygen atoms in total. The zero-order valence-corrected chi connectivity index (χ0v) is 9.56. The SMILES string of the molecule is N#Cc1cc(F)c(COC2CCCCO2)s1. The Kier molecular flexibility index (Phi) is 3.88. The van der Waals surface area contributed by atoms with Crippen LogP contribution in [-0.2, 0) is 16.1 Å². The first-order chi connectivity index (χ1) is 7.79. The minimum absolute atomic E-state index is 0.183. The predicted molar refractivity (Wildman–Crippen MR) is 57.4 cm³/mol. The molecule has 0 spiro atoms. The van der Waals surface area contributed by atoms with Crippen molar-refractivity contribution in [2.45, 2.75) is 32.2 Å². The number of ether oxygens (including phenoxy) is 2. The molecule has 0 aliphatic carbocycles. The van der Waals surface area contributed by atoms with E-state index in [1.807, 2.05) is 6.07 Å². The molecule has 0 N–H and O–H groups in total. The van der Waals surface area contributed by atoms with Crippen molar-refractivity contribution in [2.24, 2.45) is 0 Å². The minimum Gasteiger partial charge on any atom is -0.353 e. The summed E-state index contributed by atoms with van der Waals surface area (Å²) in [6.07, 6.45) is 2.78. The van der Waals surface area contributed by atoms with E-state index < -0.39 is 0 Å². The Bertz CT molecular complexity index is 393. The van der Waals surface area contributed by atoms with Crippen molar-refractivity contribution < 1.29 is 13.9 Å². The lowest BCUT2D eigenvalue weighted by molar-refractivity contribution is -0.168.